The van der Waals surface area contributed by atoms with Crippen molar-refractivity contribution in [1.29, 1.82) is 0 Å². The molecule has 0 aliphatic carbocycles. The summed E-state index contributed by atoms with van der Waals surface area (Å²) in [7, 11) is 0. The van der Waals surface area contributed by atoms with Gasteiger partial charge in [0.15, 0.2) is 0 Å². The Morgan fingerprint density at radius 1 is 1.24 bits per heavy atom. The molecule has 0 heterocycles. The zero-order valence-corrected chi connectivity index (χ0v) is 17.2. The fourth-order valence-corrected chi connectivity index (χ4v) is 7.84. The molecule has 0 fully saturated rings. The van der Waals surface area contributed by atoms with Crippen LogP contribution >= 0.6 is 12.7 Å². The van der Waals surface area contributed by atoms with E-state index < -0.39 is 18.0 Å². The fraction of sp³-hybridized carbons (Fsp3) is 0.412. The molecule has 4 heteroatoms. The normalized spacial score (nSPS) is 13.0. The first-order valence-electron chi connectivity index (χ1n) is 7.53. The summed E-state index contributed by atoms with van der Waals surface area (Å²) in [6.07, 6.45) is 2.15. The zero-order valence-electron chi connectivity index (χ0n) is 12.7. The Morgan fingerprint density at radius 3 is 2.52 bits per heavy atom. The van der Waals surface area contributed by atoms with E-state index in [1.807, 2.05) is 0 Å². The molecule has 2 nitrogen and oxygen atoms in total. The summed E-state index contributed by atoms with van der Waals surface area (Å²) < 4.78 is 7.04. The molecule has 1 radical (unpaired) electrons. The van der Waals surface area contributed by atoms with Gasteiger partial charge in [0, 0.05) is 0 Å². The molecular formula is C17H23BrNOSn. The van der Waals surface area contributed by atoms with Crippen molar-refractivity contribution in [2.75, 3.05) is 6.61 Å². The second-order valence-electron chi connectivity index (χ2n) is 5.39. The van der Waals surface area contributed by atoms with Crippen LogP contribution < -0.4 is 5.73 Å². The van der Waals surface area contributed by atoms with Gasteiger partial charge >= 0.3 is 142 Å². The van der Waals surface area contributed by atoms with Crippen molar-refractivity contribution in [1.82, 2.24) is 0 Å². The summed E-state index contributed by atoms with van der Waals surface area (Å²) in [5.74, 6) is 0. The molecule has 2 aromatic carbocycles. The van der Waals surface area contributed by atoms with Crippen LogP contribution in [0, 0.1) is 0 Å². The topological polar surface area (TPSA) is 35.2 Å². The van der Waals surface area contributed by atoms with Gasteiger partial charge < -0.3 is 0 Å². The third-order valence-corrected chi connectivity index (χ3v) is 11.1. The van der Waals surface area contributed by atoms with Gasteiger partial charge in [-0.2, -0.15) is 0 Å². The molecule has 0 amide bonds. The number of hydrogen-bond acceptors (Lipinski definition) is 2. The van der Waals surface area contributed by atoms with E-state index in [0.717, 1.165) is 23.9 Å². The molecule has 1 atom stereocenters. The predicted molar refractivity (Wildman–Crippen MR) is 96.0 cm³/mol. The SMILES string of the molecule is CCC[O][Sn]([Br])[CH2]Cc1cc2ccccc2cc1C(C)N. The van der Waals surface area contributed by atoms with Crippen LogP contribution in [0.1, 0.15) is 37.4 Å². The summed E-state index contributed by atoms with van der Waals surface area (Å²) >= 11 is 2.00. The van der Waals surface area contributed by atoms with Gasteiger partial charge in [-0.1, -0.05) is 0 Å². The Balaban J connectivity index is 2.18. The van der Waals surface area contributed by atoms with Crippen molar-refractivity contribution in [2.24, 2.45) is 5.73 Å². The number of rotatable bonds is 7. The van der Waals surface area contributed by atoms with E-state index in [2.05, 4.69) is 63.0 Å². The molecule has 0 aromatic heterocycles. The van der Waals surface area contributed by atoms with Gasteiger partial charge in [-0.3, -0.25) is 0 Å². The van der Waals surface area contributed by atoms with E-state index in [4.69, 9.17) is 8.81 Å². The van der Waals surface area contributed by atoms with Crippen LogP contribution in [0.4, 0.5) is 0 Å². The fourth-order valence-electron chi connectivity index (χ4n) is 2.46. The summed E-state index contributed by atoms with van der Waals surface area (Å²) in [5, 5.41) is 2.57. The average molecular weight is 456 g/mol. The van der Waals surface area contributed by atoms with Crippen molar-refractivity contribution in [3.05, 3.63) is 47.5 Å². The monoisotopic (exact) mass is 456 g/mol. The first-order valence-corrected chi connectivity index (χ1v) is 17.1. The summed E-state index contributed by atoms with van der Waals surface area (Å²) in [6, 6.07) is 13.1. The number of benzene rings is 2. The van der Waals surface area contributed by atoms with Crippen LogP contribution in [0.2, 0.25) is 4.44 Å². The van der Waals surface area contributed by atoms with E-state index in [1.165, 1.54) is 21.9 Å². The quantitative estimate of drug-likeness (QED) is 0.613. The van der Waals surface area contributed by atoms with E-state index in [-0.39, 0.29) is 6.04 Å². The Morgan fingerprint density at radius 2 is 1.90 bits per heavy atom. The van der Waals surface area contributed by atoms with Crippen LogP contribution in [-0.4, -0.2) is 24.6 Å². The third kappa shape index (κ3) is 4.95. The molecule has 113 valence electrons. The molecule has 2 rings (SSSR count). The zero-order chi connectivity index (χ0) is 15.2. The van der Waals surface area contributed by atoms with Crippen molar-refractivity contribution >= 4 is 41.4 Å². The van der Waals surface area contributed by atoms with Gasteiger partial charge in [-0.15, -0.1) is 0 Å². The maximum atomic E-state index is 6.17. The first kappa shape index (κ1) is 17.3. The first-order chi connectivity index (χ1) is 10.1. The van der Waals surface area contributed by atoms with Crippen molar-refractivity contribution in [3.63, 3.8) is 0 Å². The molecule has 0 aliphatic rings. The van der Waals surface area contributed by atoms with Gasteiger partial charge in [0.2, 0.25) is 0 Å². The molecular weight excluding hydrogens is 433 g/mol. The molecule has 1 unspecified atom stereocenters. The Hall–Kier alpha value is -0.101. The van der Waals surface area contributed by atoms with Crippen LogP contribution in [-0.2, 0) is 9.49 Å². The number of aryl methyl sites for hydroxylation is 1. The predicted octanol–water partition coefficient (Wildman–Crippen LogP) is 4.71. The van der Waals surface area contributed by atoms with Crippen LogP contribution in [0.5, 0.6) is 0 Å². The van der Waals surface area contributed by atoms with Gasteiger partial charge in [0.25, 0.3) is 0 Å². The molecule has 2 N–H and O–H groups in total. The van der Waals surface area contributed by atoms with Gasteiger partial charge in [0.05, 0.1) is 0 Å². The molecule has 21 heavy (non-hydrogen) atoms. The Bertz CT molecular complexity index is 588. The van der Waals surface area contributed by atoms with Gasteiger partial charge in [-0.25, -0.2) is 0 Å². The average Bonchev–Trinajstić information content (AvgIpc) is 2.49. The summed E-state index contributed by atoms with van der Waals surface area (Å²) in [4.78, 5) is 0. The molecule has 0 aliphatic heterocycles. The molecule has 0 bridgehead atoms. The van der Waals surface area contributed by atoms with E-state index in [9.17, 15) is 0 Å². The standard InChI is InChI=1S/C14H16N.C3H7O.BrH.Sn/c1-3-11-8-12-6-4-5-7-13(12)9-14(11)10(2)15;1-2-3-4;;/h4-10H,1,3,15H2,2H3;2-3H2,1H3;1H;/q;-1;;+2/p-1. The van der Waals surface area contributed by atoms with Crippen molar-refractivity contribution in [2.45, 2.75) is 37.2 Å². The summed E-state index contributed by atoms with van der Waals surface area (Å²) in [6.45, 7) is 5.11. The molecule has 2 aromatic rings. The number of halogens is 1. The van der Waals surface area contributed by atoms with Crippen molar-refractivity contribution in [3.8, 4) is 0 Å². The number of nitrogens with two attached hydrogens (primary N) is 1. The number of fused-ring (bicyclic) bond motifs is 1. The van der Waals surface area contributed by atoms with Crippen LogP contribution in [0.15, 0.2) is 36.4 Å². The van der Waals surface area contributed by atoms with E-state index >= 15 is 0 Å². The third-order valence-electron chi connectivity index (χ3n) is 3.55. The van der Waals surface area contributed by atoms with Crippen molar-refractivity contribution < 1.29 is 3.07 Å². The molecule has 0 saturated heterocycles. The molecule has 0 saturated carbocycles. The molecule has 0 spiro atoms. The van der Waals surface area contributed by atoms with Gasteiger partial charge in [0.1, 0.15) is 0 Å². The van der Waals surface area contributed by atoms with Crippen LogP contribution in [0.3, 0.4) is 0 Å². The van der Waals surface area contributed by atoms with E-state index in [0.29, 0.717) is 0 Å². The number of hydrogen-bond donors (Lipinski definition) is 1. The second kappa shape index (κ2) is 8.51. The Labute approximate surface area is 141 Å². The minimum absolute atomic E-state index is 0.0727. The van der Waals surface area contributed by atoms with Gasteiger partial charge in [-0.05, 0) is 0 Å². The van der Waals surface area contributed by atoms with Crippen LogP contribution in [0.25, 0.3) is 10.8 Å². The maximum absolute atomic E-state index is 6.17. The second-order valence-corrected chi connectivity index (χ2v) is 15.6. The Kier molecular flexibility index (Phi) is 6.99. The minimum atomic E-state index is -1.79. The summed E-state index contributed by atoms with van der Waals surface area (Å²) in [5.41, 5.74) is 8.81. The van der Waals surface area contributed by atoms with E-state index in [1.54, 1.807) is 0 Å².